The van der Waals surface area contributed by atoms with Gasteiger partial charge in [-0.3, -0.25) is 4.79 Å². The van der Waals surface area contributed by atoms with Crippen molar-refractivity contribution in [2.45, 2.75) is 25.9 Å². The Labute approximate surface area is 174 Å². The number of carbonyl (C=O) groups is 2. The van der Waals surface area contributed by atoms with Crippen LogP contribution in [0.15, 0.2) is 30.5 Å². The molecule has 3 rings (SSSR count). The molecule has 2 heterocycles. The van der Waals surface area contributed by atoms with Gasteiger partial charge in [-0.1, -0.05) is 0 Å². The van der Waals surface area contributed by atoms with Gasteiger partial charge in [0.1, 0.15) is 34.6 Å². The number of benzene rings is 1. The number of halogens is 2. The van der Waals surface area contributed by atoms with Gasteiger partial charge in [0.25, 0.3) is 5.91 Å². The van der Waals surface area contributed by atoms with Gasteiger partial charge < -0.3 is 21.0 Å². The second kappa shape index (κ2) is 8.25. The van der Waals surface area contributed by atoms with Gasteiger partial charge in [-0.2, -0.15) is 0 Å². The van der Waals surface area contributed by atoms with E-state index in [1.807, 2.05) is 0 Å². The number of carbonyl (C=O) groups excluding carboxylic acids is 2. The van der Waals surface area contributed by atoms with Crippen LogP contribution in [-0.2, 0) is 16.8 Å². The number of aldehydes is 1. The number of nitrogens with one attached hydrogen (secondary N) is 1. The third kappa shape index (κ3) is 4.50. The van der Waals surface area contributed by atoms with Crippen molar-refractivity contribution >= 4 is 34.3 Å². The van der Waals surface area contributed by atoms with Crippen LogP contribution in [-0.4, -0.2) is 27.3 Å². The molecule has 0 bridgehead atoms. The van der Waals surface area contributed by atoms with E-state index >= 15 is 0 Å². The highest BCUT2D eigenvalue weighted by atomic mass is 32.1. The fraction of sp³-hybridized carbons (Fsp3) is 0.200. The molecule has 4 N–H and O–H groups in total. The molecular formula is C20H18F2N4O3S. The number of hydrogen-bond acceptors (Lipinski definition) is 7. The summed E-state index contributed by atoms with van der Waals surface area (Å²) in [7, 11) is 0. The summed E-state index contributed by atoms with van der Waals surface area (Å²) >= 11 is 0.912. The Morgan fingerprint density at radius 1 is 1.30 bits per heavy atom. The number of amides is 1. The van der Waals surface area contributed by atoms with Gasteiger partial charge in [0.15, 0.2) is 0 Å². The molecule has 2 aromatic heterocycles. The zero-order valence-corrected chi connectivity index (χ0v) is 16.9. The fourth-order valence-corrected chi connectivity index (χ4v) is 3.83. The van der Waals surface area contributed by atoms with Gasteiger partial charge in [0.2, 0.25) is 0 Å². The number of aromatic nitrogens is 2. The first-order valence-corrected chi connectivity index (χ1v) is 9.60. The van der Waals surface area contributed by atoms with Crippen LogP contribution in [0, 0.1) is 11.6 Å². The van der Waals surface area contributed by atoms with E-state index < -0.39 is 23.1 Å². The molecule has 0 fully saturated rings. The predicted molar refractivity (Wildman–Crippen MR) is 109 cm³/mol. The standard InChI is InChI=1S/C20H18F2N4O3S/c1-20(2,29)10-7-12(21)17(13(22)8-10)14-9-11(18(23)28)19(30-14)26-16-3-5-24-15(25-16)4-6-27/h3,5-9,29H,4H2,1-2H3,(H2,23,28)(H,24,25,26). The monoisotopic (exact) mass is 432 g/mol. The molecule has 0 unspecified atom stereocenters. The first-order valence-electron chi connectivity index (χ1n) is 8.78. The van der Waals surface area contributed by atoms with Crippen molar-refractivity contribution in [2.24, 2.45) is 5.73 Å². The van der Waals surface area contributed by atoms with Crippen LogP contribution >= 0.6 is 11.3 Å². The number of nitrogens with zero attached hydrogens (tertiary/aromatic N) is 2. The molecule has 156 valence electrons. The SMILES string of the molecule is CC(C)(O)c1cc(F)c(-c2cc(C(N)=O)c(Nc3ccnc(CC=O)n3)s2)c(F)c1. The number of anilines is 2. The Morgan fingerprint density at radius 2 is 1.97 bits per heavy atom. The lowest BCUT2D eigenvalue weighted by Crippen LogP contribution is -2.16. The highest BCUT2D eigenvalue weighted by Crippen LogP contribution is 2.40. The number of aliphatic hydroxyl groups is 1. The molecule has 10 heteroatoms. The van der Waals surface area contributed by atoms with Crippen LogP contribution in [0.25, 0.3) is 10.4 Å². The van der Waals surface area contributed by atoms with Crippen molar-refractivity contribution < 1.29 is 23.5 Å². The predicted octanol–water partition coefficient (Wildman–Crippen LogP) is 3.29. The highest BCUT2D eigenvalue weighted by molar-refractivity contribution is 7.20. The minimum absolute atomic E-state index is 0.0118. The highest BCUT2D eigenvalue weighted by Gasteiger charge is 2.24. The summed E-state index contributed by atoms with van der Waals surface area (Å²) in [6.07, 6.45) is 2.10. The summed E-state index contributed by atoms with van der Waals surface area (Å²) in [5, 5.41) is 13.1. The lowest BCUT2D eigenvalue weighted by Gasteiger charge is -2.18. The molecule has 0 atom stereocenters. The van der Waals surface area contributed by atoms with Crippen molar-refractivity contribution in [1.82, 2.24) is 9.97 Å². The number of rotatable bonds is 7. The smallest absolute Gasteiger partial charge is 0.251 e. The minimum Gasteiger partial charge on any atom is -0.386 e. The van der Waals surface area contributed by atoms with Crippen LogP contribution in [0.1, 0.15) is 35.6 Å². The average Bonchev–Trinajstić information content (AvgIpc) is 3.04. The summed E-state index contributed by atoms with van der Waals surface area (Å²) in [6.45, 7) is 2.83. The van der Waals surface area contributed by atoms with Crippen molar-refractivity contribution in [3.63, 3.8) is 0 Å². The Morgan fingerprint density at radius 3 is 2.53 bits per heavy atom. The molecule has 30 heavy (non-hydrogen) atoms. The fourth-order valence-electron chi connectivity index (χ4n) is 2.71. The van der Waals surface area contributed by atoms with Crippen molar-refractivity contribution in [3.8, 4) is 10.4 Å². The second-order valence-corrected chi connectivity index (χ2v) is 8.00. The van der Waals surface area contributed by atoms with Crippen LogP contribution in [0.5, 0.6) is 0 Å². The van der Waals surface area contributed by atoms with E-state index in [1.54, 1.807) is 0 Å². The molecule has 0 radical (unpaired) electrons. The van der Waals surface area contributed by atoms with E-state index in [9.17, 15) is 23.5 Å². The molecule has 0 saturated carbocycles. The third-order valence-corrected chi connectivity index (χ3v) is 5.27. The molecule has 0 aliphatic rings. The molecule has 1 aromatic carbocycles. The van der Waals surface area contributed by atoms with Crippen LogP contribution in [0.3, 0.4) is 0 Å². The van der Waals surface area contributed by atoms with Crippen molar-refractivity contribution in [1.29, 1.82) is 0 Å². The van der Waals surface area contributed by atoms with E-state index in [0.29, 0.717) is 6.29 Å². The molecule has 7 nitrogen and oxygen atoms in total. The quantitative estimate of drug-likeness (QED) is 0.493. The maximum atomic E-state index is 14.7. The largest absolute Gasteiger partial charge is 0.386 e. The maximum Gasteiger partial charge on any atom is 0.251 e. The Balaban J connectivity index is 2.04. The minimum atomic E-state index is -1.42. The van der Waals surface area contributed by atoms with E-state index in [0.717, 1.165) is 23.5 Å². The van der Waals surface area contributed by atoms with Gasteiger partial charge in [-0.25, -0.2) is 18.7 Å². The van der Waals surface area contributed by atoms with Crippen LogP contribution in [0.4, 0.5) is 19.6 Å². The van der Waals surface area contributed by atoms with Crippen molar-refractivity contribution in [2.75, 3.05) is 5.32 Å². The summed E-state index contributed by atoms with van der Waals surface area (Å²) in [5.41, 5.74) is 3.76. The van der Waals surface area contributed by atoms with Crippen LogP contribution < -0.4 is 11.1 Å². The Bertz CT molecular complexity index is 1100. The third-order valence-electron chi connectivity index (χ3n) is 4.21. The normalized spacial score (nSPS) is 11.4. The first-order chi connectivity index (χ1) is 14.1. The summed E-state index contributed by atoms with van der Waals surface area (Å²) < 4.78 is 29.4. The van der Waals surface area contributed by atoms with Gasteiger partial charge in [0.05, 0.1) is 23.1 Å². The zero-order chi connectivity index (χ0) is 22.1. The van der Waals surface area contributed by atoms with Crippen LogP contribution in [0.2, 0.25) is 0 Å². The molecule has 0 aliphatic carbocycles. The number of hydrogen-bond donors (Lipinski definition) is 3. The summed E-state index contributed by atoms with van der Waals surface area (Å²) in [5.74, 6) is -2.00. The molecule has 3 aromatic rings. The molecular weight excluding hydrogens is 414 g/mol. The zero-order valence-electron chi connectivity index (χ0n) is 16.1. The molecule has 0 saturated heterocycles. The number of thiophene rings is 1. The van der Waals surface area contributed by atoms with E-state index in [1.165, 1.54) is 32.2 Å². The lowest BCUT2D eigenvalue weighted by atomic mass is 9.96. The maximum absolute atomic E-state index is 14.7. The van der Waals surface area contributed by atoms with E-state index in [-0.39, 0.29) is 44.6 Å². The van der Waals surface area contributed by atoms with Gasteiger partial charge in [-0.05, 0) is 43.7 Å². The summed E-state index contributed by atoms with van der Waals surface area (Å²) in [6, 6.07) is 4.89. The Kier molecular flexibility index (Phi) is 5.90. The first kappa shape index (κ1) is 21.5. The summed E-state index contributed by atoms with van der Waals surface area (Å²) in [4.78, 5) is 30.7. The van der Waals surface area contributed by atoms with E-state index in [2.05, 4.69) is 15.3 Å². The topological polar surface area (TPSA) is 118 Å². The molecule has 1 amide bonds. The van der Waals surface area contributed by atoms with Crippen molar-refractivity contribution in [3.05, 3.63) is 59.0 Å². The van der Waals surface area contributed by atoms with Gasteiger partial charge >= 0.3 is 0 Å². The van der Waals surface area contributed by atoms with Gasteiger partial charge in [-0.15, -0.1) is 11.3 Å². The second-order valence-electron chi connectivity index (χ2n) is 6.95. The number of nitrogens with two attached hydrogens (primary N) is 1. The molecule has 0 aliphatic heterocycles. The molecule has 0 spiro atoms. The Hall–Kier alpha value is -3.24. The van der Waals surface area contributed by atoms with Gasteiger partial charge in [0, 0.05) is 11.1 Å². The lowest BCUT2D eigenvalue weighted by molar-refractivity contribution is -0.107. The van der Waals surface area contributed by atoms with E-state index in [4.69, 9.17) is 5.73 Å². The average molecular weight is 432 g/mol. The number of primary amides is 1.